The third-order valence-corrected chi connectivity index (χ3v) is 8.37. The molecule has 0 unspecified atom stereocenters. The van der Waals surface area contributed by atoms with Crippen molar-refractivity contribution in [1.29, 1.82) is 0 Å². The summed E-state index contributed by atoms with van der Waals surface area (Å²) < 4.78 is 261. The highest BCUT2D eigenvalue weighted by Gasteiger charge is 2.24. The zero-order valence-corrected chi connectivity index (χ0v) is 24.4. The Kier molecular flexibility index (Phi) is 2.32. The molecule has 10 aromatic rings. The van der Waals surface area contributed by atoms with Crippen LogP contribution >= 0.6 is 0 Å². The first-order valence-corrected chi connectivity index (χ1v) is 14.7. The molecule has 0 fully saturated rings. The number of rotatable bonds is 3. The second-order valence-electron chi connectivity index (χ2n) is 11.0. The van der Waals surface area contributed by atoms with E-state index in [-0.39, 0.29) is 5.39 Å². The van der Waals surface area contributed by atoms with Crippen LogP contribution in [0.25, 0.3) is 98.4 Å². The molecule has 1 nitrogen and oxygen atoms in total. The van der Waals surface area contributed by atoms with E-state index in [1.54, 1.807) is 0 Å². The lowest BCUT2D eigenvalue weighted by Crippen LogP contribution is -1.99. The van der Waals surface area contributed by atoms with Crippen LogP contribution in [0.2, 0.25) is 0 Å². The SMILES string of the molecule is [2H]c1c([2H])c([2H])c(-c2c([2H])c(-c3c([2H])c([2H])c4c5c(c([2H])c([2H])c([2H])c35)-c3c([2H])c([2H])c5c([2H])c([2H])c([2H])c([2H])c5c3O4)c([2H])c(-c3c([2H])c([2H])c4c([2H])c([2H])c5c([2H])c([2H])c([2H])c6c([2H])c([2H])c3c4c56)c2[2H])c([2H])c1[2H]. The average molecular weight is 649 g/mol. The fraction of sp³-hybridized carbons (Fsp3) is 0. The summed E-state index contributed by atoms with van der Waals surface area (Å²) in [6.45, 7) is 0. The van der Waals surface area contributed by atoms with Crippen LogP contribution in [-0.4, -0.2) is 0 Å². The zero-order valence-electron chi connectivity index (χ0n) is 52.4. The van der Waals surface area contributed by atoms with Crippen molar-refractivity contribution in [3.05, 3.63) is 169 Å². The van der Waals surface area contributed by atoms with Gasteiger partial charge in [0.1, 0.15) is 11.5 Å². The maximum absolute atomic E-state index is 10.1. The van der Waals surface area contributed by atoms with Crippen molar-refractivity contribution >= 4 is 53.9 Å². The van der Waals surface area contributed by atoms with Gasteiger partial charge in [-0.2, -0.15) is 0 Å². The summed E-state index contributed by atoms with van der Waals surface area (Å²) in [6.07, 6.45) is 0. The van der Waals surface area contributed by atoms with Gasteiger partial charge in [0.2, 0.25) is 0 Å². The Hall–Kier alpha value is -6.44. The van der Waals surface area contributed by atoms with Gasteiger partial charge in [0.15, 0.2) is 0 Å². The molecule has 0 spiro atoms. The molecule has 11 rings (SSSR count). The van der Waals surface area contributed by atoms with E-state index in [9.17, 15) is 16.4 Å². The topological polar surface area (TPSA) is 9.23 Å². The van der Waals surface area contributed by atoms with Crippen molar-refractivity contribution in [1.82, 2.24) is 0 Å². The Bertz CT molecular complexity index is 4510. The van der Waals surface area contributed by atoms with Crippen LogP contribution in [0.4, 0.5) is 0 Å². The third kappa shape index (κ3) is 3.87. The number of benzene rings is 10. The molecule has 0 aliphatic carbocycles. The van der Waals surface area contributed by atoms with Crippen molar-refractivity contribution in [3.8, 4) is 56.0 Å². The lowest BCUT2D eigenvalue weighted by Gasteiger charge is -2.24. The number of fused-ring (bicyclic) bond motifs is 4. The highest BCUT2D eigenvalue weighted by atomic mass is 16.5. The summed E-state index contributed by atoms with van der Waals surface area (Å²) in [4.78, 5) is 0. The van der Waals surface area contributed by atoms with Gasteiger partial charge in [-0.05, 0) is 112 Å². The summed E-state index contributed by atoms with van der Waals surface area (Å²) in [5, 5.41) is -4.92. The fourth-order valence-corrected chi connectivity index (χ4v) is 6.25. The highest BCUT2D eigenvalue weighted by molar-refractivity contribution is 6.25. The second-order valence-corrected chi connectivity index (χ2v) is 11.0. The predicted octanol–water partition coefficient (Wildman–Crippen LogP) is 13.7. The van der Waals surface area contributed by atoms with Crippen molar-refractivity contribution in [2.24, 2.45) is 0 Å². The van der Waals surface area contributed by atoms with E-state index in [2.05, 4.69) is 0 Å². The van der Waals surface area contributed by atoms with E-state index in [4.69, 9.17) is 26.7 Å². The Morgan fingerprint density at radius 3 is 1.73 bits per heavy atom. The van der Waals surface area contributed by atoms with Gasteiger partial charge in [-0.15, -0.1) is 0 Å². The van der Waals surface area contributed by atoms with Crippen molar-refractivity contribution in [2.45, 2.75) is 0 Å². The summed E-state index contributed by atoms with van der Waals surface area (Å²) in [7, 11) is 0. The molecule has 1 heteroatoms. The monoisotopic (exact) mass is 648 g/mol. The normalized spacial score (nSPS) is 20.2. The maximum atomic E-state index is 10.1. The molecule has 0 aromatic heterocycles. The lowest BCUT2D eigenvalue weighted by atomic mass is 9.86. The van der Waals surface area contributed by atoms with E-state index in [1.807, 2.05) is 0 Å². The molecule has 1 aliphatic rings. The molecular weight excluding hydrogens is 593 g/mol. The molecule has 10 aromatic carbocycles. The first kappa shape index (κ1) is 11.3. The minimum Gasteiger partial charge on any atom is -0.455 e. The van der Waals surface area contributed by atoms with Crippen LogP contribution in [0.15, 0.2) is 169 Å². The van der Waals surface area contributed by atoms with E-state index in [1.165, 1.54) is 0 Å². The maximum Gasteiger partial charge on any atom is 0.143 e. The highest BCUT2D eigenvalue weighted by Crippen LogP contribution is 2.51. The first-order chi connectivity index (χ1) is 36.0. The van der Waals surface area contributed by atoms with Gasteiger partial charge in [0, 0.05) is 16.3 Å². The van der Waals surface area contributed by atoms with Crippen molar-refractivity contribution in [2.75, 3.05) is 0 Å². The standard InChI is InChI=1S/C48H28O/c1-2-8-29(9-3-1)34-26-35(37-21-19-33-17-16-31-11-6-12-32-20-22-42(37)46(33)45(31)32)28-36(27-34)38-24-25-44-47-40(38)14-7-15-41(47)43-23-18-30-10-4-5-13-39(30)48(43)49-44/h1-28H/i1D,2D,3D,4D,5D,6D,7D,8D,9D,10D,11D,12D,13D,14D,15D,16D,17D,18D,19D,20D,21D,22D,23D,24D,25D,26D,27D,28D. The smallest absolute Gasteiger partial charge is 0.143 e. The van der Waals surface area contributed by atoms with Crippen LogP contribution in [0.1, 0.15) is 38.4 Å². The zero-order chi connectivity index (χ0) is 56.4. The summed E-state index contributed by atoms with van der Waals surface area (Å²) >= 11 is 0. The Morgan fingerprint density at radius 1 is 0.327 bits per heavy atom. The van der Waals surface area contributed by atoms with E-state index in [0.717, 1.165) is 0 Å². The fourth-order valence-electron chi connectivity index (χ4n) is 6.25. The largest absolute Gasteiger partial charge is 0.455 e. The Labute approximate surface area is 322 Å². The van der Waals surface area contributed by atoms with Crippen LogP contribution in [-0.2, 0) is 0 Å². The molecule has 0 N–H and O–H groups in total. The summed E-state index contributed by atoms with van der Waals surface area (Å²) in [5.74, 6) is -1.27. The molecule has 0 bridgehead atoms. The number of ether oxygens (including phenoxy) is 1. The average Bonchev–Trinajstić information content (AvgIpc) is 3.47. The summed E-state index contributed by atoms with van der Waals surface area (Å²) in [5.41, 5.74) is -6.28. The Balaban J connectivity index is 1.41. The molecule has 0 amide bonds. The second kappa shape index (κ2) is 10.0. The van der Waals surface area contributed by atoms with Crippen LogP contribution in [0, 0.1) is 0 Å². The summed E-state index contributed by atoms with van der Waals surface area (Å²) in [6, 6.07) is -25.1. The molecule has 0 saturated carbocycles. The Morgan fingerprint density at radius 2 is 0.898 bits per heavy atom. The first-order valence-electron chi connectivity index (χ1n) is 28.7. The molecule has 0 saturated heterocycles. The predicted molar refractivity (Wildman–Crippen MR) is 207 cm³/mol. The number of hydrogen-bond donors (Lipinski definition) is 0. The molecule has 1 heterocycles. The van der Waals surface area contributed by atoms with Crippen LogP contribution in [0.5, 0.6) is 11.5 Å². The lowest BCUT2D eigenvalue weighted by molar-refractivity contribution is 0.493. The quantitative estimate of drug-likeness (QED) is 0.173. The molecular formula is C48H28O. The van der Waals surface area contributed by atoms with Gasteiger partial charge in [-0.3, -0.25) is 0 Å². The minimum atomic E-state index is -1.10. The van der Waals surface area contributed by atoms with E-state index >= 15 is 0 Å². The minimum absolute atomic E-state index is 0.337. The van der Waals surface area contributed by atoms with Crippen molar-refractivity contribution < 1.29 is 43.1 Å². The van der Waals surface area contributed by atoms with Gasteiger partial charge < -0.3 is 4.74 Å². The number of hydrogen-bond acceptors (Lipinski definition) is 1. The van der Waals surface area contributed by atoms with Crippen LogP contribution in [0.3, 0.4) is 0 Å². The third-order valence-electron chi connectivity index (χ3n) is 8.37. The molecule has 226 valence electrons. The van der Waals surface area contributed by atoms with Gasteiger partial charge in [0.05, 0.1) is 38.4 Å². The molecule has 0 atom stereocenters. The van der Waals surface area contributed by atoms with Gasteiger partial charge >= 0.3 is 0 Å². The van der Waals surface area contributed by atoms with Gasteiger partial charge in [0.25, 0.3) is 0 Å². The molecule has 1 aliphatic heterocycles. The molecule has 49 heavy (non-hydrogen) atoms. The van der Waals surface area contributed by atoms with Crippen LogP contribution < -0.4 is 4.74 Å². The van der Waals surface area contributed by atoms with Gasteiger partial charge in [-0.1, -0.05) is 139 Å². The van der Waals surface area contributed by atoms with Crippen molar-refractivity contribution in [3.63, 3.8) is 0 Å². The van der Waals surface area contributed by atoms with Gasteiger partial charge in [-0.25, -0.2) is 0 Å². The van der Waals surface area contributed by atoms with E-state index < -0.39 is 274 Å². The van der Waals surface area contributed by atoms with E-state index in [0.29, 0.717) is 0 Å². The molecule has 0 radical (unpaired) electrons.